The summed E-state index contributed by atoms with van der Waals surface area (Å²) in [5.74, 6) is 0. The molecule has 0 saturated carbocycles. The molecule has 0 heterocycles. The van der Waals surface area contributed by atoms with Gasteiger partial charge in [0.2, 0.25) is 0 Å². The number of nitrogens with one attached hydrogen (secondary N) is 2. The van der Waals surface area contributed by atoms with Crippen LogP contribution >= 0.6 is 12.2 Å². The first-order chi connectivity index (χ1) is 7.54. The van der Waals surface area contributed by atoms with E-state index >= 15 is 0 Å². The van der Waals surface area contributed by atoms with Crippen molar-refractivity contribution in [2.24, 2.45) is 0 Å². The molecule has 1 rings (SSSR count). The van der Waals surface area contributed by atoms with Crippen LogP contribution in [0.2, 0.25) is 0 Å². The third kappa shape index (κ3) is 3.35. The first-order valence-electron chi connectivity index (χ1n) is 5.28. The highest BCUT2D eigenvalue weighted by atomic mass is 32.1. The molecule has 0 spiro atoms. The molecule has 0 unspecified atom stereocenters. The van der Waals surface area contributed by atoms with Gasteiger partial charge in [-0.2, -0.15) is 0 Å². The standard InChI is InChI=1S/C13H18N2S/c1-5-6-14-13(16)15-12-8-10(3)9(2)7-11(12)4/h5,7-8H,1,6H2,2-4H3,(H2,14,15,16). The van der Waals surface area contributed by atoms with Gasteiger partial charge in [-0.3, -0.25) is 0 Å². The maximum atomic E-state index is 5.17. The molecule has 0 aliphatic carbocycles. The Balaban J connectivity index is 2.77. The lowest BCUT2D eigenvalue weighted by Crippen LogP contribution is -2.28. The molecule has 0 atom stereocenters. The molecular weight excluding hydrogens is 216 g/mol. The molecule has 0 bridgehead atoms. The van der Waals surface area contributed by atoms with Crippen molar-refractivity contribution in [3.8, 4) is 0 Å². The normalized spacial score (nSPS) is 9.69. The summed E-state index contributed by atoms with van der Waals surface area (Å²) >= 11 is 5.17. The van der Waals surface area contributed by atoms with Crippen LogP contribution in [0, 0.1) is 20.8 Å². The van der Waals surface area contributed by atoms with Crippen molar-refractivity contribution >= 4 is 23.0 Å². The fourth-order valence-electron chi connectivity index (χ4n) is 1.43. The van der Waals surface area contributed by atoms with Crippen molar-refractivity contribution in [3.05, 3.63) is 41.5 Å². The number of rotatable bonds is 3. The quantitative estimate of drug-likeness (QED) is 0.621. The van der Waals surface area contributed by atoms with Crippen LogP contribution in [0.1, 0.15) is 16.7 Å². The fourth-order valence-corrected chi connectivity index (χ4v) is 1.62. The van der Waals surface area contributed by atoms with Crippen LogP contribution in [0.15, 0.2) is 24.8 Å². The number of thiocarbonyl (C=S) groups is 1. The van der Waals surface area contributed by atoms with Crippen molar-refractivity contribution in [2.45, 2.75) is 20.8 Å². The Morgan fingerprint density at radius 2 is 1.88 bits per heavy atom. The molecule has 0 radical (unpaired) electrons. The van der Waals surface area contributed by atoms with Crippen LogP contribution in [-0.2, 0) is 0 Å². The average Bonchev–Trinajstić information content (AvgIpc) is 2.23. The minimum atomic E-state index is 0.631. The summed E-state index contributed by atoms with van der Waals surface area (Å²) in [4.78, 5) is 0. The van der Waals surface area contributed by atoms with E-state index in [4.69, 9.17) is 12.2 Å². The highest BCUT2D eigenvalue weighted by Gasteiger charge is 2.03. The summed E-state index contributed by atoms with van der Waals surface area (Å²) in [5.41, 5.74) is 4.82. The summed E-state index contributed by atoms with van der Waals surface area (Å²) in [6.45, 7) is 10.6. The van der Waals surface area contributed by atoms with E-state index < -0.39 is 0 Å². The van der Waals surface area contributed by atoms with Crippen LogP contribution in [0.25, 0.3) is 0 Å². The molecule has 1 aromatic carbocycles. The predicted molar refractivity (Wildman–Crippen MR) is 75.1 cm³/mol. The molecule has 0 amide bonds. The van der Waals surface area contributed by atoms with E-state index in [1.807, 2.05) is 0 Å². The Morgan fingerprint density at radius 1 is 1.25 bits per heavy atom. The second kappa shape index (κ2) is 5.66. The Hall–Kier alpha value is -1.35. The Bertz CT molecular complexity index is 411. The zero-order chi connectivity index (χ0) is 12.1. The molecule has 2 nitrogen and oxygen atoms in total. The van der Waals surface area contributed by atoms with Gasteiger partial charge in [0.1, 0.15) is 0 Å². The van der Waals surface area contributed by atoms with Gasteiger partial charge < -0.3 is 10.6 Å². The summed E-state index contributed by atoms with van der Waals surface area (Å²) in [6.07, 6.45) is 1.78. The number of hydrogen-bond donors (Lipinski definition) is 2. The van der Waals surface area contributed by atoms with Crippen LogP contribution in [0.5, 0.6) is 0 Å². The van der Waals surface area contributed by atoms with E-state index in [1.165, 1.54) is 16.7 Å². The summed E-state index contributed by atoms with van der Waals surface area (Å²) in [6, 6.07) is 4.28. The third-order valence-corrected chi connectivity index (χ3v) is 2.74. The van der Waals surface area contributed by atoms with E-state index in [1.54, 1.807) is 6.08 Å². The van der Waals surface area contributed by atoms with Crippen molar-refractivity contribution in [2.75, 3.05) is 11.9 Å². The molecule has 1 aromatic rings. The van der Waals surface area contributed by atoms with E-state index in [-0.39, 0.29) is 0 Å². The number of aryl methyl sites for hydroxylation is 3. The number of hydrogen-bond acceptors (Lipinski definition) is 1. The monoisotopic (exact) mass is 234 g/mol. The Kier molecular flexibility index (Phi) is 4.50. The Labute approximate surface area is 103 Å². The largest absolute Gasteiger partial charge is 0.359 e. The highest BCUT2D eigenvalue weighted by molar-refractivity contribution is 7.80. The van der Waals surface area contributed by atoms with Crippen molar-refractivity contribution in [1.82, 2.24) is 5.32 Å². The summed E-state index contributed by atoms with van der Waals surface area (Å²) < 4.78 is 0. The van der Waals surface area contributed by atoms with Crippen LogP contribution in [0.3, 0.4) is 0 Å². The third-order valence-electron chi connectivity index (χ3n) is 2.50. The smallest absolute Gasteiger partial charge is 0.171 e. The lowest BCUT2D eigenvalue weighted by atomic mass is 10.1. The van der Waals surface area contributed by atoms with Gasteiger partial charge >= 0.3 is 0 Å². The topological polar surface area (TPSA) is 24.1 Å². The highest BCUT2D eigenvalue weighted by Crippen LogP contribution is 2.19. The maximum absolute atomic E-state index is 5.17. The first-order valence-corrected chi connectivity index (χ1v) is 5.69. The van der Waals surface area contributed by atoms with Gasteiger partial charge in [0.05, 0.1) is 0 Å². The summed E-state index contributed by atoms with van der Waals surface area (Å²) in [7, 11) is 0. The van der Waals surface area contributed by atoms with Crippen molar-refractivity contribution in [1.29, 1.82) is 0 Å². The zero-order valence-electron chi connectivity index (χ0n) is 10.1. The molecule has 0 fully saturated rings. The minimum Gasteiger partial charge on any atom is -0.359 e. The van der Waals surface area contributed by atoms with Crippen molar-refractivity contribution < 1.29 is 0 Å². The SMILES string of the molecule is C=CCNC(=S)Nc1cc(C)c(C)cc1C. The number of benzene rings is 1. The molecule has 0 aromatic heterocycles. The molecular formula is C13H18N2S. The van der Waals surface area contributed by atoms with Gasteiger partial charge in [-0.15, -0.1) is 6.58 Å². The molecule has 0 saturated heterocycles. The predicted octanol–water partition coefficient (Wildman–Crippen LogP) is 3.08. The van der Waals surface area contributed by atoms with Crippen LogP contribution in [0.4, 0.5) is 5.69 Å². The lowest BCUT2D eigenvalue weighted by Gasteiger charge is -2.13. The molecule has 2 N–H and O–H groups in total. The first kappa shape index (κ1) is 12.7. The van der Waals surface area contributed by atoms with E-state index in [9.17, 15) is 0 Å². The maximum Gasteiger partial charge on any atom is 0.171 e. The van der Waals surface area contributed by atoms with Gasteiger partial charge in [-0.1, -0.05) is 12.1 Å². The molecule has 86 valence electrons. The van der Waals surface area contributed by atoms with Crippen LogP contribution < -0.4 is 10.6 Å². The van der Waals surface area contributed by atoms with Gasteiger partial charge in [0, 0.05) is 12.2 Å². The van der Waals surface area contributed by atoms with E-state index in [0.29, 0.717) is 11.7 Å². The van der Waals surface area contributed by atoms with Gasteiger partial charge in [0.25, 0.3) is 0 Å². The second-order valence-corrected chi connectivity index (χ2v) is 4.28. The zero-order valence-corrected chi connectivity index (χ0v) is 10.9. The van der Waals surface area contributed by atoms with E-state index in [2.05, 4.69) is 50.1 Å². The van der Waals surface area contributed by atoms with Gasteiger partial charge in [0.15, 0.2) is 5.11 Å². The Morgan fingerprint density at radius 3 is 2.50 bits per heavy atom. The molecule has 16 heavy (non-hydrogen) atoms. The van der Waals surface area contributed by atoms with Gasteiger partial charge in [-0.25, -0.2) is 0 Å². The lowest BCUT2D eigenvalue weighted by molar-refractivity contribution is 1.06. The molecule has 3 heteroatoms. The summed E-state index contributed by atoms with van der Waals surface area (Å²) in [5, 5.41) is 6.86. The average molecular weight is 234 g/mol. The minimum absolute atomic E-state index is 0.631. The van der Waals surface area contributed by atoms with E-state index in [0.717, 1.165) is 5.69 Å². The molecule has 0 aliphatic rings. The number of anilines is 1. The second-order valence-electron chi connectivity index (χ2n) is 3.88. The van der Waals surface area contributed by atoms with Crippen LogP contribution in [-0.4, -0.2) is 11.7 Å². The van der Waals surface area contributed by atoms with Gasteiger partial charge in [-0.05, 0) is 55.7 Å². The molecule has 0 aliphatic heterocycles. The van der Waals surface area contributed by atoms with Crippen molar-refractivity contribution in [3.63, 3.8) is 0 Å². The fraction of sp³-hybridized carbons (Fsp3) is 0.308.